The summed E-state index contributed by atoms with van der Waals surface area (Å²) in [7, 11) is 0. The zero-order valence-electron chi connectivity index (χ0n) is 14.5. The van der Waals surface area contributed by atoms with E-state index in [1.54, 1.807) is 18.2 Å². The number of aryl methyl sites for hydroxylation is 1. The number of halogens is 1. The normalized spacial score (nSPS) is 22.7. The van der Waals surface area contributed by atoms with E-state index in [-0.39, 0.29) is 17.8 Å². The number of hydrazine groups is 1. The summed E-state index contributed by atoms with van der Waals surface area (Å²) in [4.78, 5) is 12.5. The molecule has 0 spiro atoms. The first-order valence-corrected chi connectivity index (χ1v) is 9.16. The standard InChI is InChI=1S/C18H23FN6O/c19-13-7-4-3-6-12(13)14-10-15(22-21-14)18(26)20-11-17-24-23-16-8-2-1-5-9-25(16)17/h3-4,6-7,14-15,21-22H,1-2,5,8-11H2,(H,20,26). The van der Waals surface area contributed by atoms with Crippen LogP contribution in [-0.2, 0) is 24.3 Å². The van der Waals surface area contributed by atoms with Crippen LogP contribution in [0.1, 0.15) is 48.9 Å². The molecule has 7 nitrogen and oxygen atoms in total. The number of amides is 1. The van der Waals surface area contributed by atoms with Crippen LogP contribution in [0.2, 0.25) is 0 Å². The van der Waals surface area contributed by atoms with E-state index in [9.17, 15) is 9.18 Å². The van der Waals surface area contributed by atoms with Gasteiger partial charge in [0.1, 0.15) is 17.7 Å². The van der Waals surface area contributed by atoms with Crippen molar-refractivity contribution < 1.29 is 9.18 Å². The van der Waals surface area contributed by atoms with Crippen molar-refractivity contribution in [3.63, 3.8) is 0 Å². The first-order chi connectivity index (χ1) is 12.7. The van der Waals surface area contributed by atoms with Crippen molar-refractivity contribution in [3.05, 3.63) is 47.3 Å². The van der Waals surface area contributed by atoms with Crippen molar-refractivity contribution in [3.8, 4) is 0 Å². The fourth-order valence-corrected chi connectivity index (χ4v) is 3.66. The molecule has 2 aliphatic heterocycles. The Morgan fingerprint density at radius 1 is 1.23 bits per heavy atom. The molecular formula is C18H23FN6O. The minimum Gasteiger partial charge on any atom is -0.347 e. The summed E-state index contributed by atoms with van der Waals surface area (Å²) in [6.45, 7) is 1.26. The molecule has 2 aliphatic rings. The highest BCUT2D eigenvalue weighted by atomic mass is 19.1. The van der Waals surface area contributed by atoms with Gasteiger partial charge in [-0.05, 0) is 25.3 Å². The number of nitrogens with zero attached hydrogens (tertiary/aromatic N) is 3. The van der Waals surface area contributed by atoms with E-state index >= 15 is 0 Å². The lowest BCUT2D eigenvalue weighted by Crippen LogP contribution is -2.43. The second kappa shape index (κ2) is 7.51. The van der Waals surface area contributed by atoms with Crippen molar-refractivity contribution in [1.82, 2.24) is 30.9 Å². The fourth-order valence-electron chi connectivity index (χ4n) is 3.66. The summed E-state index contributed by atoms with van der Waals surface area (Å²) in [5.74, 6) is 1.42. The van der Waals surface area contributed by atoms with Gasteiger partial charge in [0.25, 0.3) is 0 Å². The summed E-state index contributed by atoms with van der Waals surface area (Å²) >= 11 is 0. The van der Waals surface area contributed by atoms with Gasteiger partial charge in [0.15, 0.2) is 5.82 Å². The number of nitrogens with one attached hydrogen (secondary N) is 3. The van der Waals surface area contributed by atoms with Gasteiger partial charge in [-0.3, -0.25) is 4.79 Å². The number of rotatable bonds is 4. The molecule has 1 aromatic carbocycles. The highest BCUT2D eigenvalue weighted by Gasteiger charge is 2.31. The summed E-state index contributed by atoms with van der Waals surface area (Å²) in [5, 5.41) is 11.4. The third-order valence-electron chi connectivity index (χ3n) is 5.11. The van der Waals surface area contributed by atoms with E-state index in [0.717, 1.165) is 37.5 Å². The maximum absolute atomic E-state index is 13.9. The van der Waals surface area contributed by atoms with E-state index in [1.165, 1.54) is 12.5 Å². The van der Waals surface area contributed by atoms with Crippen LogP contribution >= 0.6 is 0 Å². The molecule has 1 fully saturated rings. The Kier molecular flexibility index (Phi) is 4.94. The highest BCUT2D eigenvalue weighted by Crippen LogP contribution is 2.24. The van der Waals surface area contributed by atoms with Gasteiger partial charge in [-0.15, -0.1) is 10.2 Å². The lowest BCUT2D eigenvalue weighted by atomic mass is 10.0. The lowest BCUT2D eigenvalue weighted by Gasteiger charge is -2.12. The third kappa shape index (κ3) is 3.47. The number of carbonyl (C=O) groups is 1. The molecule has 1 saturated heterocycles. The Bertz CT molecular complexity index is 792. The molecule has 0 radical (unpaired) electrons. The Morgan fingerprint density at radius 2 is 2.12 bits per heavy atom. The fraction of sp³-hybridized carbons (Fsp3) is 0.500. The summed E-state index contributed by atoms with van der Waals surface area (Å²) < 4.78 is 16.0. The largest absolute Gasteiger partial charge is 0.347 e. The maximum atomic E-state index is 13.9. The van der Waals surface area contributed by atoms with Crippen LogP contribution in [0.3, 0.4) is 0 Å². The van der Waals surface area contributed by atoms with Gasteiger partial charge < -0.3 is 9.88 Å². The van der Waals surface area contributed by atoms with Crippen LogP contribution in [0, 0.1) is 5.82 Å². The molecule has 2 unspecified atom stereocenters. The number of benzene rings is 1. The average Bonchev–Trinajstić information content (AvgIpc) is 3.22. The van der Waals surface area contributed by atoms with Crippen LogP contribution in [0.4, 0.5) is 4.39 Å². The molecule has 8 heteroatoms. The lowest BCUT2D eigenvalue weighted by molar-refractivity contribution is -0.123. The van der Waals surface area contributed by atoms with Crippen LogP contribution in [0.15, 0.2) is 24.3 Å². The van der Waals surface area contributed by atoms with Crippen LogP contribution in [-0.4, -0.2) is 26.7 Å². The van der Waals surface area contributed by atoms with Crippen LogP contribution < -0.4 is 16.2 Å². The van der Waals surface area contributed by atoms with Gasteiger partial charge in [-0.25, -0.2) is 15.2 Å². The predicted molar refractivity (Wildman–Crippen MR) is 93.2 cm³/mol. The van der Waals surface area contributed by atoms with Crippen LogP contribution in [0.25, 0.3) is 0 Å². The van der Waals surface area contributed by atoms with Gasteiger partial charge >= 0.3 is 0 Å². The Balaban J connectivity index is 1.35. The molecule has 0 saturated carbocycles. The quantitative estimate of drug-likeness (QED) is 0.769. The van der Waals surface area contributed by atoms with Crippen LogP contribution in [0.5, 0.6) is 0 Å². The van der Waals surface area contributed by atoms with Crippen molar-refractivity contribution in [2.75, 3.05) is 0 Å². The van der Waals surface area contributed by atoms with Gasteiger partial charge in [0.2, 0.25) is 5.91 Å². The Labute approximate surface area is 151 Å². The Hall–Kier alpha value is -2.32. The monoisotopic (exact) mass is 358 g/mol. The number of carbonyl (C=O) groups excluding carboxylic acids is 1. The zero-order chi connectivity index (χ0) is 17.9. The molecular weight excluding hydrogens is 335 g/mol. The summed E-state index contributed by atoms with van der Waals surface area (Å²) in [6.07, 6.45) is 4.89. The number of hydrogen-bond acceptors (Lipinski definition) is 5. The molecule has 1 amide bonds. The SMILES string of the molecule is O=C(NCc1nnc2n1CCCCC2)C1CC(c2ccccc2F)NN1. The molecule has 3 N–H and O–H groups in total. The van der Waals surface area contributed by atoms with Crippen molar-refractivity contribution in [2.24, 2.45) is 0 Å². The zero-order valence-corrected chi connectivity index (χ0v) is 14.5. The third-order valence-corrected chi connectivity index (χ3v) is 5.11. The first-order valence-electron chi connectivity index (χ1n) is 9.16. The molecule has 26 heavy (non-hydrogen) atoms. The first kappa shape index (κ1) is 17.1. The minimum atomic E-state index is -0.411. The second-order valence-corrected chi connectivity index (χ2v) is 6.86. The molecule has 0 aliphatic carbocycles. The summed E-state index contributed by atoms with van der Waals surface area (Å²) in [6, 6.07) is 5.99. The average molecular weight is 358 g/mol. The molecule has 138 valence electrons. The van der Waals surface area contributed by atoms with Crippen molar-refractivity contribution in [2.45, 2.75) is 57.3 Å². The van der Waals surface area contributed by atoms with E-state index < -0.39 is 6.04 Å². The molecule has 3 heterocycles. The molecule has 2 atom stereocenters. The topological polar surface area (TPSA) is 83.9 Å². The molecule has 0 bridgehead atoms. The number of aromatic nitrogens is 3. The van der Waals surface area contributed by atoms with Crippen molar-refractivity contribution in [1.29, 1.82) is 0 Å². The molecule has 4 rings (SSSR count). The van der Waals surface area contributed by atoms with Gasteiger partial charge in [0, 0.05) is 18.5 Å². The summed E-state index contributed by atoms with van der Waals surface area (Å²) in [5.41, 5.74) is 6.54. The predicted octanol–water partition coefficient (Wildman–Crippen LogP) is 1.37. The van der Waals surface area contributed by atoms with E-state index in [0.29, 0.717) is 18.5 Å². The minimum absolute atomic E-state index is 0.123. The van der Waals surface area contributed by atoms with Gasteiger partial charge in [-0.1, -0.05) is 24.6 Å². The Morgan fingerprint density at radius 3 is 3.00 bits per heavy atom. The van der Waals surface area contributed by atoms with Gasteiger partial charge in [-0.2, -0.15) is 0 Å². The van der Waals surface area contributed by atoms with Gasteiger partial charge in [0.05, 0.1) is 12.6 Å². The number of fused-ring (bicyclic) bond motifs is 1. The maximum Gasteiger partial charge on any atom is 0.238 e. The smallest absolute Gasteiger partial charge is 0.238 e. The van der Waals surface area contributed by atoms with E-state index in [2.05, 4.69) is 30.9 Å². The van der Waals surface area contributed by atoms with E-state index in [4.69, 9.17) is 0 Å². The highest BCUT2D eigenvalue weighted by molar-refractivity contribution is 5.82. The molecule has 1 aromatic heterocycles. The second-order valence-electron chi connectivity index (χ2n) is 6.86. The molecule has 2 aromatic rings. The van der Waals surface area contributed by atoms with Crippen molar-refractivity contribution >= 4 is 5.91 Å². The number of hydrogen-bond donors (Lipinski definition) is 3. The van der Waals surface area contributed by atoms with E-state index in [1.807, 2.05) is 0 Å².